The maximum atomic E-state index is 5.28. The predicted octanol–water partition coefficient (Wildman–Crippen LogP) is 8.04. The highest BCUT2D eigenvalue weighted by Crippen LogP contribution is 2.20. The first-order valence-electron chi connectivity index (χ1n) is 13.7. The number of guanidine groups is 1. The molecule has 0 fully saturated rings. The summed E-state index contributed by atoms with van der Waals surface area (Å²) in [5.41, 5.74) is 0. The number of hydrogen-bond donors (Lipinski definition) is 0. The van der Waals surface area contributed by atoms with Crippen molar-refractivity contribution in [3.63, 3.8) is 0 Å². The number of unbranched alkanes of at least 4 members (excludes halogenated alkanes) is 12. The van der Waals surface area contributed by atoms with Gasteiger partial charge in [0.25, 0.3) is 5.96 Å². The van der Waals surface area contributed by atoms with Crippen molar-refractivity contribution in [3.8, 4) is 0 Å². The van der Waals surface area contributed by atoms with E-state index in [1.165, 1.54) is 128 Å². The lowest BCUT2D eigenvalue weighted by atomic mass is 10.1. The van der Waals surface area contributed by atoms with Crippen molar-refractivity contribution >= 4 is 5.96 Å². The lowest BCUT2D eigenvalue weighted by Crippen LogP contribution is -2.59. The second-order valence-electron chi connectivity index (χ2n) is 9.63. The molecule has 0 atom stereocenters. The van der Waals surface area contributed by atoms with E-state index in [-0.39, 0.29) is 0 Å². The first kappa shape index (κ1) is 29.4. The second-order valence-corrected chi connectivity index (χ2v) is 9.63. The quantitative estimate of drug-likeness (QED) is 0.0835. The Morgan fingerprint density at radius 1 is 0.533 bits per heavy atom. The Labute approximate surface area is 191 Å². The summed E-state index contributed by atoms with van der Waals surface area (Å²) in [6, 6.07) is 0. The zero-order chi connectivity index (χ0) is 22.5. The van der Waals surface area contributed by atoms with Gasteiger partial charge in [-0.25, -0.2) is 4.99 Å². The third-order valence-electron chi connectivity index (χ3n) is 6.41. The van der Waals surface area contributed by atoms with Gasteiger partial charge in [0.2, 0.25) is 0 Å². The Morgan fingerprint density at radius 2 is 0.900 bits per heavy atom. The second kappa shape index (κ2) is 20.3. The van der Waals surface area contributed by atoms with Crippen molar-refractivity contribution in [2.24, 2.45) is 4.99 Å². The van der Waals surface area contributed by atoms with Crippen molar-refractivity contribution in [1.29, 1.82) is 0 Å². The minimum absolute atomic E-state index is 1.01. The summed E-state index contributed by atoms with van der Waals surface area (Å²) in [5, 5.41) is 0. The van der Waals surface area contributed by atoms with Gasteiger partial charge in [-0.15, -0.1) is 0 Å². The van der Waals surface area contributed by atoms with Crippen LogP contribution in [0.4, 0.5) is 0 Å². The topological polar surface area (TPSA) is 15.6 Å². The molecule has 0 unspecified atom stereocenters. The molecule has 0 radical (unpaired) electrons. The van der Waals surface area contributed by atoms with Crippen molar-refractivity contribution < 1.29 is 4.48 Å². The molecule has 0 aliphatic rings. The fourth-order valence-corrected chi connectivity index (χ4v) is 4.59. The Hall–Kier alpha value is -0.570. The number of hydrogen-bond acceptors (Lipinski definition) is 1. The van der Waals surface area contributed by atoms with Gasteiger partial charge in [0.05, 0.1) is 19.6 Å². The minimum Gasteiger partial charge on any atom is -0.317 e. The molecule has 180 valence electrons. The molecule has 0 heterocycles. The first-order valence-corrected chi connectivity index (χ1v) is 13.7. The van der Waals surface area contributed by atoms with Crippen LogP contribution in [0.1, 0.15) is 130 Å². The van der Waals surface area contributed by atoms with Crippen LogP contribution in [0.2, 0.25) is 0 Å². The van der Waals surface area contributed by atoms with Gasteiger partial charge in [-0.1, -0.05) is 85.5 Å². The highest BCUT2D eigenvalue weighted by atomic mass is 15.5. The highest BCUT2D eigenvalue weighted by molar-refractivity contribution is 5.72. The van der Waals surface area contributed by atoms with Gasteiger partial charge in [0.1, 0.15) is 0 Å². The van der Waals surface area contributed by atoms with Gasteiger partial charge in [0.15, 0.2) is 0 Å². The zero-order valence-corrected chi connectivity index (χ0v) is 22.0. The Morgan fingerprint density at radius 3 is 1.23 bits per heavy atom. The van der Waals surface area contributed by atoms with E-state index in [9.17, 15) is 0 Å². The molecular formula is C27H58N3+. The molecule has 0 N–H and O–H groups in total. The average Bonchev–Trinajstić information content (AvgIpc) is 2.73. The molecule has 0 aliphatic carbocycles. The number of quaternary nitrogens is 1. The van der Waals surface area contributed by atoms with Crippen LogP contribution in [0.3, 0.4) is 0 Å². The third-order valence-corrected chi connectivity index (χ3v) is 6.41. The predicted molar refractivity (Wildman–Crippen MR) is 137 cm³/mol. The van der Waals surface area contributed by atoms with Crippen molar-refractivity contribution in [1.82, 2.24) is 4.90 Å². The molecule has 0 aromatic rings. The van der Waals surface area contributed by atoms with E-state index < -0.39 is 0 Å². The summed E-state index contributed by atoms with van der Waals surface area (Å²) in [5.74, 6) is 1.37. The van der Waals surface area contributed by atoms with E-state index in [0.29, 0.717) is 0 Å². The summed E-state index contributed by atoms with van der Waals surface area (Å²) in [6.45, 7) is 14.1. The summed E-state index contributed by atoms with van der Waals surface area (Å²) in [4.78, 5) is 7.64. The lowest BCUT2D eigenvalue weighted by molar-refractivity contribution is -0.848. The summed E-state index contributed by atoms with van der Waals surface area (Å²) >= 11 is 0. The van der Waals surface area contributed by atoms with Crippen LogP contribution in [-0.4, -0.2) is 55.6 Å². The molecule has 0 aromatic heterocycles. The van der Waals surface area contributed by atoms with Gasteiger partial charge >= 0.3 is 0 Å². The normalized spacial score (nSPS) is 12.5. The Balaban J connectivity index is 5.47. The van der Waals surface area contributed by atoms with Gasteiger partial charge in [-0.2, -0.15) is 0 Å². The van der Waals surface area contributed by atoms with Crippen LogP contribution in [0.25, 0.3) is 0 Å². The fourth-order valence-electron chi connectivity index (χ4n) is 4.59. The van der Waals surface area contributed by atoms with Crippen LogP contribution >= 0.6 is 0 Å². The maximum Gasteiger partial charge on any atom is 0.299 e. The Kier molecular flexibility index (Phi) is 20.0. The standard InChI is InChI=1S/C27H58N3/c1-7-11-15-19-23-28-27(29(5)6)30(24-20-16-12-8-2,25-21-17-13-9-3)26-22-18-14-10-4/h7-26H2,1-6H3/q+1/b28-27+. The van der Waals surface area contributed by atoms with Crippen LogP contribution in [-0.2, 0) is 0 Å². The molecular weight excluding hydrogens is 366 g/mol. The van der Waals surface area contributed by atoms with E-state index in [0.717, 1.165) is 11.0 Å². The smallest absolute Gasteiger partial charge is 0.299 e. The molecule has 30 heavy (non-hydrogen) atoms. The van der Waals surface area contributed by atoms with Crippen LogP contribution in [0, 0.1) is 0 Å². The average molecular weight is 425 g/mol. The van der Waals surface area contributed by atoms with Gasteiger partial charge in [0, 0.05) is 20.6 Å². The molecule has 0 aliphatic heterocycles. The van der Waals surface area contributed by atoms with Crippen molar-refractivity contribution in [2.45, 2.75) is 130 Å². The summed E-state index contributed by atoms with van der Waals surface area (Å²) in [7, 11) is 4.48. The molecule has 0 saturated carbocycles. The third kappa shape index (κ3) is 13.7. The molecule has 0 saturated heterocycles. The molecule has 0 bridgehead atoms. The zero-order valence-electron chi connectivity index (χ0n) is 22.0. The largest absolute Gasteiger partial charge is 0.317 e. The fraction of sp³-hybridized carbons (Fsp3) is 0.963. The van der Waals surface area contributed by atoms with E-state index in [1.807, 2.05) is 0 Å². The molecule has 0 rings (SSSR count). The van der Waals surface area contributed by atoms with Gasteiger partial charge in [-0.3, -0.25) is 4.48 Å². The van der Waals surface area contributed by atoms with Gasteiger partial charge < -0.3 is 4.90 Å². The molecule has 0 spiro atoms. The lowest BCUT2D eigenvalue weighted by Gasteiger charge is -2.41. The molecule has 0 amide bonds. The number of rotatable bonds is 20. The number of aliphatic imine (C=N–C) groups is 1. The van der Waals surface area contributed by atoms with E-state index >= 15 is 0 Å². The highest BCUT2D eigenvalue weighted by Gasteiger charge is 2.34. The Bertz CT molecular complexity index is 358. The van der Waals surface area contributed by atoms with E-state index in [1.54, 1.807) is 0 Å². The van der Waals surface area contributed by atoms with E-state index in [2.05, 4.69) is 46.7 Å². The number of nitrogens with zero attached hydrogens (tertiary/aromatic N) is 3. The summed E-state index contributed by atoms with van der Waals surface area (Å²) in [6.07, 6.45) is 21.4. The molecule has 0 aromatic carbocycles. The monoisotopic (exact) mass is 424 g/mol. The summed E-state index contributed by atoms with van der Waals surface area (Å²) < 4.78 is 1.14. The SMILES string of the molecule is CCCCCC/N=C(\N(C)C)[N+](CCCCCC)(CCCCCC)CCCCCC. The first-order chi connectivity index (χ1) is 14.6. The van der Waals surface area contributed by atoms with Crippen molar-refractivity contribution in [3.05, 3.63) is 0 Å². The van der Waals surface area contributed by atoms with Crippen LogP contribution in [0.5, 0.6) is 0 Å². The van der Waals surface area contributed by atoms with Crippen LogP contribution < -0.4 is 0 Å². The molecule has 3 heteroatoms. The van der Waals surface area contributed by atoms with Crippen molar-refractivity contribution in [2.75, 3.05) is 40.3 Å². The van der Waals surface area contributed by atoms with E-state index in [4.69, 9.17) is 4.99 Å². The molecule has 3 nitrogen and oxygen atoms in total. The minimum atomic E-state index is 1.01. The van der Waals surface area contributed by atoms with Crippen LogP contribution in [0.15, 0.2) is 4.99 Å². The van der Waals surface area contributed by atoms with Gasteiger partial charge in [-0.05, 0) is 44.9 Å². The maximum absolute atomic E-state index is 5.28.